The maximum absolute atomic E-state index is 10.2. The Morgan fingerprint density at radius 2 is 1.32 bits per heavy atom. The monoisotopic (exact) mass is 268 g/mol. The van der Waals surface area contributed by atoms with Crippen LogP contribution < -0.4 is 0 Å². The van der Waals surface area contributed by atoms with Gasteiger partial charge in [-0.05, 0) is 5.56 Å². The van der Waals surface area contributed by atoms with Crippen LogP contribution in [-0.4, -0.2) is 38.3 Å². The molecule has 1 rings (SSSR count). The second-order valence-electron chi connectivity index (χ2n) is 3.16. The van der Waals surface area contributed by atoms with E-state index in [1.165, 1.54) is 0 Å². The van der Waals surface area contributed by atoms with E-state index in [-0.39, 0.29) is 0 Å². The fourth-order valence-electron chi connectivity index (χ4n) is 0.920. The summed E-state index contributed by atoms with van der Waals surface area (Å²) in [6.07, 6.45) is -0.291. The molecule has 1 aromatic rings. The Bertz CT molecular complexity index is 448. The standard InChI is InChI=1S/C8H8O3.C4H4O4/c9-7(8(10)11)6-4-2-1-3-5-6;5-3(6)1-2-4(7)8/h1-5,7,9H,(H,10,11);1-2H,(H,5,6)(H,7,8). The molecule has 1 atom stereocenters. The zero-order valence-electron chi connectivity index (χ0n) is 9.63. The second-order valence-corrected chi connectivity index (χ2v) is 3.16. The van der Waals surface area contributed by atoms with Crippen LogP contribution in [0.4, 0.5) is 0 Å². The van der Waals surface area contributed by atoms with Gasteiger partial charge in [0.15, 0.2) is 6.10 Å². The summed E-state index contributed by atoms with van der Waals surface area (Å²) < 4.78 is 0. The molecule has 0 aliphatic rings. The highest BCUT2D eigenvalue weighted by molar-refractivity contribution is 5.89. The molecular formula is C12H12O7. The van der Waals surface area contributed by atoms with Crippen LogP contribution in [0, 0.1) is 0 Å². The van der Waals surface area contributed by atoms with Gasteiger partial charge in [-0.2, -0.15) is 0 Å². The van der Waals surface area contributed by atoms with E-state index in [1.807, 2.05) is 0 Å². The van der Waals surface area contributed by atoms with Gasteiger partial charge in [0.1, 0.15) is 0 Å². The summed E-state index contributed by atoms with van der Waals surface area (Å²) >= 11 is 0. The predicted molar refractivity (Wildman–Crippen MR) is 63.4 cm³/mol. The maximum Gasteiger partial charge on any atom is 0.337 e. The average Bonchev–Trinajstić information content (AvgIpc) is 2.37. The molecule has 0 aliphatic carbocycles. The molecule has 0 saturated heterocycles. The zero-order valence-corrected chi connectivity index (χ0v) is 9.63. The molecule has 0 fully saturated rings. The van der Waals surface area contributed by atoms with Crippen LogP contribution in [0.2, 0.25) is 0 Å². The predicted octanol–water partition coefficient (Wildman–Crippen LogP) is 0.516. The molecule has 0 amide bonds. The molecule has 1 unspecified atom stereocenters. The van der Waals surface area contributed by atoms with Crippen molar-refractivity contribution in [3.05, 3.63) is 48.0 Å². The molecule has 0 spiro atoms. The highest BCUT2D eigenvalue weighted by Crippen LogP contribution is 2.10. The summed E-state index contributed by atoms with van der Waals surface area (Å²) in [5.41, 5.74) is 0.403. The van der Waals surface area contributed by atoms with Gasteiger partial charge < -0.3 is 20.4 Å². The SMILES string of the molecule is O=C(O)C(O)c1ccccc1.O=C(O)C=CC(=O)O. The highest BCUT2D eigenvalue weighted by Gasteiger charge is 2.14. The van der Waals surface area contributed by atoms with Crippen molar-refractivity contribution in [1.29, 1.82) is 0 Å². The summed E-state index contributed by atoms with van der Waals surface area (Å²) in [6.45, 7) is 0. The first-order valence-corrected chi connectivity index (χ1v) is 4.94. The van der Waals surface area contributed by atoms with Crippen molar-refractivity contribution in [3.63, 3.8) is 0 Å². The topological polar surface area (TPSA) is 132 Å². The van der Waals surface area contributed by atoms with E-state index < -0.39 is 24.0 Å². The lowest BCUT2D eigenvalue weighted by Gasteiger charge is -2.03. The Kier molecular flexibility index (Phi) is 7.24. The minimum atomic E-state index is -1.41. The van der Waals surface area contributed by atoms with Gasteiger partial charge in [0.05, 0.1) is 0 Å². The van der Waals surface area contributed by atoms with Crippen molar-refractivity contribution in [2.24, 2.45) is 0 Å². The van der Waals surface area contributed by atoms with Crippen LogP contribution in [0.1, 0.15) is 11.7 Å². The highest BCUT2D eigenvalue weighted by atomic mass is 16.4. The fourth-order valence-corrected chi connectivity index (χ4v) is 0.920. The lowest BCUT2D eigenvalue weighted by atomic mass is 10.1. The molecule has 0 saturated carbocycles. The van der Waals surface area contributed by atoms with Crippen molar-refractivity contribution < 1.29 is 34.8 Å². The van der Waals surface area contributed by atoms with E-state index in [4.69, 9.17) is 20.4 Å². The molecule has 19 heavy (non-hydrogen) atoms. The number of carboxylic acids is 3. The van der Waals surface area contributed by atoms with Crippen LogP contribution in [0.5, 0.6) is 0 Å². The number of benzene rings is 1. The lowest BCUT2D eigenvalue weighted by Crippen LogP contribution is -2.09. The first-order chi connectivity index (χ1) is 8.84. The number of hydrogen-bond donors (Lipinski definition) is 4. The molecule has 7 heteroatoms. The van der Waals surface area contributed by atoms with Crippen LogP contribution in [-0.2, 0) is 14.4 Å². The minimum absolute atomic E-state index is 0.403. The lowest BCUT2D eigenvalue weighted by molar-refractivity contribution is -0.147. The Morgan fingerprint density at radius 3 is 1.63 bits per heavy atom. The third-order valence-electron chi connectivity index (χ3n) is 1.72. The summed E-state index contributed by atoms with van der Waals surface area (Å²) in [7, 11) is 0. The van der Waals surface area contributed by atoms with E-state index >= 15 is 0 Å². The zero-order chi connectivity index (χ0) is 14.8. The first-order valence-electron chi connectivity index (χ1n) is 4.94. The van der Waals surface area contributed by atoms with Crippen LogP contribution in [0.25, 0.3) is 0 Å². The molecule has 0 aromatic heterocycles. The van der Waals surface area contributed by atoms with Gasteiger partial charge in [-0.3, -0.25) is 0 Å². The number of aliphatic hydroxyl groups is 1. The van der Waals surface area contributed by atoms with E-state index in [9.17, 15) is 14.4 Å². The van der Waals surface area contributed by atoms with Gasteiger partial charge in [-0.25, -0.2) is 14.4 Å². The van der Waals surface area contributed by atoms with Gasteiger partial charge in [0, 0.05) is 12.2 Å². The van der Waals surface area contributed by atoms with Crippen molar-refractivity contribution in [1.82, 2.24) is 0 Å². The van der Waals surface area contributed by atoms with Crippen LogP contribution >= 0.6 is 0 Å². The molecule has 0 bridgehead atoms. The molecule has 102 valence electrons. The summed E-state index contributed by atoms with van der Waals surface area (Å²) in [5, 5.41) is 33.0. The third kappa shape index (κ3) is 8.11. The second kappa shape index (κ2) is 8.43. The van der Waals surface area contributed by atoms with Gasteiger partial charge in [-0.1, -0.05) is 30.3 Å². The quantitative estimate of drug-likeness (QED) is 0.585. The molecule has 4 N–H and O–H groups in total. The van der Waals surface area contributed by atoms with Crippen molar-refractivity contribution >= 4 is 17.9 Å². The number of aliphatic carboxylic acids is 3. The van der Waals surface area contributed by atoms with Crippen molar-refractivity contribution in [2.45, 2.75) is 6.10 Å². The summed E-state index contributed by atoms with van der Waals surface area (Å²) in [5.74, 6) is -3.74. The Labute approximate surface area is 108 Å². The van der Waals surface area contributed by atoms with E-state index in [1.54, 1.807) is 30.3 Å². The Morgan fingerprint density at radius 1 is 0.895 bits per heavy atom. The molecule has 1 aromatic carbocycles. The van der Waals surface area contributed by atoms with Crippen LogP contribution in [0.3, 0.4) is 0 Å². The molecular weight excluding hydrogens is 256 g/mol. The normalized spacial score (nSPS) is 11.2. The Balaban J connectivity index is 0.000000362. The van der Waals surface area contributed by atoms with E-state index in [0.29, 0.717) is 17.7 Å². The summed E-state index contributed by atoms with van der Waals surface area (Å²) in [4.78, 5) is 29.4. The largest absolute Gasteiger partial charge is 0.479 e. The number of hydrogen-bond acceptors (Lipinski definition) is 4. The number of carbonyl (C=O) groups is 3. The molecule has 7 nitrogen and oxygen atoms in total. The third-order valence-corrected chi connectivity index (χ3v) is 1.72. The smallest absolute Gasteiger partial charge is 0.337 e. The minimum Gasteiger partial charge on any atom is -0.479 e. The van der Waals surface area contributed by atoms with Gasteiger partial charge in [0.25, 0.3) is 0 Å². The molecule has 0 heterocycles. The van der Waals surface area contributed by atoms with Gasteiger partial charge in [-0.15, -0.1) is 0 Å². The molecule has 0 radical (unpaired) electrons. The van der Waals surface area contributed by atoms with Gasteiger partial charge >= 0.3 is 17.9 Å². The first kappa shape index (κ1) is 16.3. The summed E-state index contributed by atoms with van der Waals surface area (Å²) in [6, 6.07) is 8.26. The average molecular weight is 268 g/mol. The van der Waals surface area contributed by atoms with Gasteiger partial charge in [0.2, 0.25) is 0 Å². The number of rotatable bonds is 4. The molecule has 0 aliphatic heterocycles. The fraction of sp³-hybridized carbons (Fsp3) is 0.0833. The number of carboxylic acid groups (broad SMARTS) is 3. The maximum atomic E-state index is 10.2. The van der Waals surface area contributed by atoms with E-state index in [0.717, 1.165) is 0 Å². The van der Waals surface area contributed by atoms with Crippen LogP contribution in [0.15, 0.2) is 42.5 Å². The number of aliphatic hydroxyl groups excluding tert-OH is 1. The van der Waals surface area contributed by atoms with Crippen molar-refractivity contribution in [3.8, 4) is 0 Å². The Hall–Kier alpha value is -2.67. The van der Waals surface area contributed by atoms with Crippen molar-refractivity contribution in [2.75, 3.05) is 0 Å². The van der Waals surface area contributed by atoms with E-state index in [2.05, 4.69) is 0 Å².